The lowest BCUT2D eigenvalue weighted by molar-refractivity contribution is -0.121. The van der Waals surface area contributed by atoms with Crippen molar-refractivity contribution in [3.63, 3.8) is 0 Å². The lowest BCUT2D eigenvalue weighted by atomic mass is 9.84. The first-order valence-electron chi connectivity index (χ1n) is 6.71. The molecular formula is C16H25NO. The summed E-state index contributed by atoms with van der Waals surface area (Å²) in [6, 6.07) is 6.51. The van der Waals surface area contributed by atoms with Crippen LogP contribution in [0.5, 0.6) is 0 Å². The van der Waals surface area contributed by atoms with Crippen LogP contribution in [-0.2, 0) is 4.79 Å². The molecule has 1 N–H and O–H groups in total. The van der Waals surface area contributed by atoms with Gasteiger partial charge in [0.15, 0.2) is 0 Å². The summed E-state index contributed by atoms with van der Waals surface area (Å²) in [5.74, 6) is 1.05. The van der Waals surface area contributed by atoms with E-state index < -0.39 is 0 Å². The Morgan fingerprint density at radius 3 is 2.50 bits per heavy atom. The second kappa shape index (κ2) is 6.58. The van der Waals surface area contributed by atoms with Crippen molar-refractivity contribution in [1.82, 2.24) is 5.32 Å². The molecule has 0 bridgehead atoms. The van der Waals surface area contributed by atoms with Gasteiger partial charge >= 0.3 is 0 Å². The smallest absolute Gasteiger partial charge is 0.220 e. The second-order valence-electron chi connectivity index (χ2n) is 5.56. The van der Waals surface area contributed by atoms with Gasteiger partial charge in [0.2, 0.25) is 5.91 Å². The number of carbonyl (C=O) groups excluding carboxylic acids is 1. The monoisotopic (exact) mass is 247 g/mol. The molecule has 1 aromatic carbocycles. The fourth-order valence-electron chi connectivity index (χ4n) is 2.41. The molecule has 0 aliphatic rings. The lowest BCUT2D eigenvalue weighted by Crippen LogP contribution is -2.21. The van der Waals surface area contributed by atoms with Crippen molar-refractivity contribution in [3.8, 4) is 0 Å². The van der Waals surface area contributed by atoms with Crippen molar-refractivity contribution < 1.29 is 4.79 Å². The zero-order valence-corrected chi connectivity index (χ0v) is 12.2. The summed E-state index contributed by atoms with van der Waals surface area (Å²) in [5, 5.41) is 2.73. The van der Waals surface area contributed by atoms with Crippen molar-refractivity contribution in [2.24, 2.45) is 5.92 Å². The normalized spacial score (nSPS) is 12.6. The molecule has 0 spiro atoms. The molecule has 2 nitrogen and oxygen atoms in total. The lowest BCUT2D eigenvalue weighted by Gasteiger charge is -2.21. The second-order valence-corrected chi connectivity index (χ2v) is 5.56. The van der Waals surface area contributed by atoms with Crippen LogP contribution in [0, 0.1) is 19.8 Å². The van der Waals surface area contributed by atoms with Gasteiger partial charge in [-0.05, 0) is 43.2 Å². The van der Waals surface area contributed by atoms with Gasteiger partial charge < -0.3 is 5.32 Å². The molecular weight excluding hydrogens is 222 g/mol. The van der Waals surface area contributed by atoms with Crippen LogP contribution in [0.15, 0.2) is 18.2 Å². The van der Waals surface area contributed by atoms with Crippen molar-refractivity contribution in [3.05, 3.63) is 34.9 Å². The van der Waals surface area contributed by atoms with Crippen molar-refractivity contribution >= 4 is 5.91 Å². The fourth-order valence-corrected chi connectivity index (χ4v) is 2.41. The Kier molecular flexibility index (Phi) is 5.39. The van der Waals surface area contributed by atoms with Gasteiger partial charge in [-0.2, -0.15) is 0 Å². The van der Waals surface area contributed by atoms with E-state index in [1.54, 1.807) is 7.05 Å². The van der Waals surface area contributed by atoms with Crippen LogP contribution in [0.4, 0.5) is 0 Å². The van der Waals surface area contributed by atoms with E-state index >= 15 is 0 Å². The molecule has 1 rings (SSSR count). The molecule has 0 saturated heterocycles. The largest absolute Gasteiger partial charge is 0.359 e. The van der Waals surface area contributed by atoms with E-state index in [0.717, 1.165) is 6.42 Å². The third-order valence-electron chi connectivity index (χ3n) is 3.34. The molecule has 1 atom stereocenters. The van der Waals surface area contributed by atoms with E-state index in [4.69, 9.17) is 0 Å². The summed E-state index contributed by atoms with van der Waals surface area (Å²) in [4.78, 5) is 11.7. The molecule has 0 aromatic heterocycles. The van der Waals surface area contributed by atoms with Gasteiger partial charge in [0.25, 0.3) is 0 Å². The average molecular weight is 247 g/mol. The summed E-state index contributed by atoms with van der Waals surface area (Å²) in [6.45, 7) is 8.66. The number of nitrogens with one attached hydrogen (secondary N) is 1. The highest BCUT2D eigenvalue weighted by molar-refractivity contribution is 5.76. The zero-order chi connectivity index (χ0) is 13.7. The Bertz CT molecular complexity index is 410. The van der Waals surface area contributed by atoms with E-state index in [9.17, 15) is 4.79 Å². The molecule has 0 aliphatic carbocycles. The first kappa shape index (κ1) is 14.7. The SMILES string of the molecule is CNC(=O)CC(CC(C)C)c1cc(C)ccc1C. The van der Waals surface area contributed by atoms with Gasteiger partial charge in [-0.15, -0.1) is 0 Å². The number of hydrogen-bond donors (Lipinski definition) is 1. The molecule has 1 aromatic rings. The molecule has 1 amide bonds. The van der Waals surface area contributed by atoms with Gasteiger partial charge in [-0.25, -0.2) is 0 Å². The molecule has 0 heterocycles. The predicted octanol–water partition coefficient (Wildman–Crippen LogP) is 3.57. The summed E-state index contributed by atoms with van der Waals surface area (Å²) < 4.78 is 0. The number of aryl methyl sites for hydroxylation is 2. The van der Waals surface area contributed by atoms with Crippen molar-refractivity contribution in [2.45, 2.75) is 46.5 Å². The maximum absolute atomic E-state index is 11.7. The van der Waals surface area contributed by atoms with Gasteiger partial charge in [-0.1, -0.05) is 37.6 Å². The Morgan fingerprint density at radius 1 is 1.28 bits per heavy atom. The molecule has 100 valence electrons. The Balaban J connectivity index is 3.00. The van der Waals surface area contributed by atoms with E-state index in [1.807, 2.05) is 0 Å². The average Bonchev–Trinajstić information content (AvgIpc) is 2.30. The minimum Gasteiger partial charge on any atom is -0.359 e. The van der Waals surface area contributed by atoms with E-state index in [1.165, 1.54) is 16.7 Å². The van der Waals surface area contributed by atoms with Gasteiger partial charge in [-0.3, -0.25) is 4.79 Å². The minimum atomic E-state index is 0.126. The van der Waals surface area contributed by atoms with Crippen LogP contribution in [0.25, 0.3) is 0 Å². The Hall–Kier alpha value is -1.31. The van der Waals surface area contributed by atoms with Gasteiger partial charge in [0.05, 0.1) is 0 Å². The molecule has 0 saturated carbocycles. The first-order chi connectivity index (χ1) is 8.43. The molecule has 0 aliphatic heterocycles. The summed E-state index contributed by atoms with van der Waals surface area (Å²) in [6.07, 6.45) is 1.64. The third-order valence-corrected chi connectivity index (χ3v) is 3.34. The molecule has 2 heteroatoms. The topological polar surface area (TPSA) is 29.1 Å². The summed E-state index contributed by atoms with van der Waals surface area (Å²) in [5.41, 5.74) is 3.88. The predicted molar refractivity (Wildman–Crippen MR) is 76.8 cm³/mol. The van der Waals surface area contributed by atoms with Crippen molar-refractivity contribution in [1.29, 1.82) is 0 Å². The van der Waals surface area contributed by atoms with Crippen LogP contribution in [0.3, 0.4) is 0 Å². The molecule has 0 radical (unpaired) electrons. The summed E-state index contributed by atoms with van der Waals surface area (Å²) in [7, 11) is 1.71. The molecule has 18 heavy (non-hydrogen) atoms. The van der Waals surface area contributed by atoms with E-state index in [0.29, 0.717) is 18.3 Å². The third kappa shape index (κ3) is 4.17. The summed E-state index contributed by atoms with van der Waals surface area (Å²) >= 11 is 0. The highest BCUT2D eigenvalue weighted by Crippen LogP contribution is 2.30. The standard InChI is InChI=1S/C16H25NO/c1-11(2)8-14(10-16(18)17-5)15-9-12(3)6-7-13(15)4/h6-7,9,11,14H,8,10H2,1-5H3,(H,17,18). The highest BCUT2D eigenvalue weighted by Gasteiger charge is 2.18. The quantitative estimate of drug-likeness (QED) is 0.846. The van der Waals surface area contributed by atoms with Gasteiger partial charge in [0.1, 0.15) is 0 Å². The van der Waals surface area contributed by atoms with Crippen molar-refractivity contribution in [2.75, 3.05) is 7.05 Å². The number of carbonyl (C=O) groups is 1. The number of rotatable bonds is 5. The van der Waals surface area contributed by atoms with Crippen LogP contribution in [0.1, 0.15) is 49.3 Å². The maximum atomic E-state index is 11.7. The van der Waals surface area contributed by atoms with Crippen LogP contribution in [-0.4, -0.2) is 13.0 Å². The van der Waals surface area contributed by atoms with E-state index in [2.05, 4.69) is 51.2 Å². The Labute approximate surface area is 111 Å². The number of benzene rings is 1. The van der Waals surface area contributed by atoms with Crippen LogP contribution >= 0.6 is 0 Å². The van der Waals surface area contributed by atoms with Crippen LogP contribution in [0.2, 0.25) is 0 Å². The van der Waals surface area contributed by atoms with Gasteiger partial charge in [0, 0.05) is 13.5 Å². The van der Waals surface area contributed by atoms with Crippen LogP contribution < -0.4 is 5.32 Å². The number of hydrogen-bond acceptors (Lipinski definition) is 1. The minimum absolute atomic E-state index is 0.126. The van der Waals surface area contributed by atoms with E-state index in [-0.39, 0.29) is 5.91 Å². The highest BCUT2D eigenvalue weighted by atomic mass is 16.1. The fraction of sp³-hybridized carbons (Fsp3) is 0.562. The molecule has 1 unspecified atom stereocenters. The number of amides is 1. The zero-order valence-electron chi connectivity index (χ0n) is 12.2. The molecule has 0 fully saturated rings. The Morgan fingerprint density at radius 2 is 1.94 bits per heavy atom. The maximum Gasteiger partial charge on any atom is 0.220 e. The first-order valence-corrected chi connectivity index (χ1v) is 6.71.